The van der Waals surface area contributed by atoms with E-state index >= 15 is 0 Å². The van der Waals surface area contributed by atoms with E-state index in [1.54, 1.807) is 6.20 Å². The van der Waals surface area contributed by atoms with Crippen LogP contribution in [0.25, 0.3) is 0 Å². The number of hydrogen-bond donors (Lipinski definition) is 1. The minimum atomic E-state index is -0.0818. The molecule has 3 heterocycles. The molecule has 0 bridgehead atoms. The highest BCUT2D eigenvalue weighted by molar-refractivity contribution is 5.83. The Bertz CT molecular complexity index is 739. The third-order valence-electron chi connectivity index (χ3n) is 7.68. The number of amides is 2. The van der Waals surface area contributed by atoms with Crippen LogP contribution in [-0.4, -0.2) is 58.8 Å². The van der Waals surface area contributed by atoms with Crippen LogP contribution in [0, 0.1) is 17.3 Å². The van der Waals surface area contributed by atoms with Gasteiger partial charge < -0.3 is 15.1 Å². The van der Waals surface area contributed by atoms with Gasteiger partial charge in [0.15, 0.2) is 0 Å². The van der Waals surface area contributed by atoms with Crippen molar-refractivity contribution in [2.75, 3.05) is 26.2 Å². The van der Waals surface area contributed by atoms with E-state index in [0.29, 0.717) is 31.5 Å². The van der Waals surface area contributed by atoms with Crippen molar-refractivity contribution in [3.05, 3.63) is 30.1 Å². The van der Waals surface area contributed by atoms with Crippen LogP contribution in [-0.2, 0) is 16.1 Å². The van der Waals surface area contributed by atoms with Crippen molar-refractivity contribution in [1.82, 2.24) is 20.1 Å². The van der Waals surface area contributed by atoms with E-state index in [4.69, 9.17) is 0 Å². The van der Waals surface area contributed by atoms with Crippen LogP contribution in [0.4, 0.5) is 0 Å². The quantitative estimate of drug-likeness (QED) is 0.780. The van der Waals surface area contributed by atoms with E-state index in [2.05, 4.69) is 29.0 Å². The Kier molecular flexibility index (Phi) is 6.42. The van der Waals surface area contributed by atoms with Crippen LogP contribution in [0.5, 0.6) is 0 Å². The molecule has 1 aromatic rings. The van der Waals surface area contributed by atoms with E-state index in [1.807, 2.05) is 23.1 Å². The van der Waals surface area contributed by atoms with Gasteiger partial charge in [0.1, 0.15) is 0 Å². The summed E-state index contributed by atoms with van der Waals surface area (Å²) in [6.45, 7) is 8.47. The first kappa shape index (κ1) is 21.3. The number of hydrogen-bond acceptors (Lipinski definition) is 4. The smallest absolute Gasteiger partial charge is 0.225 e. The molecule has 1 unspecified atom stereocenters. The molecular formula is C24H36N4O2. The Morgan fingerprint density at radius 2 is 2.00 bits per heavy atom. The van der Waals surface area contributed by atoms with E-state index in [1.165, 1.54) is 6.42 Å². The SMILES string of the molecule is CC(C)N1CCC(CC(=O)N2CC(C(=O)NCc3ccccn3)C3(CCC3)C2)CC1. The fraction of sp³-hybridized carbons (Fsp3) is 0.708. The van der Waals surface area contributed by atoms with Gasteiger partial charge in [-0.15, -0.1) is 0 Å². The number of aromatic nitrogens is 1. The maximum Gasteiger partial charge on any atom is 0.225 e. The molecule has 1 N–H and O–H groups in total. The Labute approximate surface area is 180 Å². The number of likely N-dealkylation sites (tertiary alicyclic amines) is 2. The summed E-state index contributed by atoms with van der Waals surface area (Å²) in [6, 6.07) is 6.32. The fourth-order valence-electron chi connectivity index (χ4n) is 5.51. The molecule has 2 saturated heterocycles. The van der Waals surface area contributed by atoms with Gasteiger partial charge in [-0.3, -0.25) is 14.6 Å². The van der Waals surface area contributed by atoms with Crippen LogP contribution in [0.2, 0.25) is 0 Å². The molecule has 3 fully saturated rings. The van der Waals surface area contributed by atoms with Crippen molar-refractivity contribution in [2.24, 2.45) is 17.3 Å². The monoisotopic (exact) mass is 412 g/mol. The standard InChI is InChI=1S/C24H36N4O2/c1-18(2)27-12-7-19(8-13-27)14-22(29)28-16-21(24(17-28)9-5-10-24)23(30)26-15-20-6-3-4-11-25-20/h3-4,6,11,18-19,21H,5,7-10,12-17H2,1-2H3,(H,26,30). The second kappa shape index (κ2) is 9.04. The summed E-state index contributed by atoms with van der Waals surface area (Å²) < 4.78 is 0. The molecule has 6 nitrogen and oxygen atoms in total. The normalized spacial score (nSPS) is 24.2. The molecule has 2 amide bonds. The summed E-state index contributed by atoms with van der Waals surface area (Å²) >= 11 is 0. The molecule has 1 saturated carbocycles. The van der Waals surface area contributed by atoms with E-state index in [0.717, 1.165) is 51.0 Å². The fourth-order valence-corrected chi connectivity index (χ4v) is 5.51. The first-order chi connectivity index (χ1) is 14.5. The predicted octanol–water partition coefficient (Wildman–Crippen LogP) is 2.84. The lowest BCUT2D eigenvalue weighted by atomic mass is 9.62. The molecule has 1 aromatic heterocycles. The van der Waals surface area contributed by atoms with Crippen molar-refractivity contribution < 1.29 is 9.59 Å². The molecule has 1 spiro atoms. The molecule has 164 valence electrons. The van der Waals surface area contributed by atoms with Gasteiger partial charge in [0.2, 0.25) is 11.8 Å². The Hall–Kier alpha value is -1.95. The maximum absolute atomic E-state index is 13.1. The van der Waals surface area contributed by atoms with E-state index in [-0.39, 0.29) is 23.1 Å². The Morgan fingerprint density at radius 1 is 1.23 bits per heavy atom. The first-order valence-electron chi connectivity index (χ1n) is 11.7. The molecule has 30 heavy (non-hydrogen) atoms. The van der Waals surface area contributed by atoms with Crippen LogP contribution in [0.3, 0.4) is 0 Å². The van der Waals surface area contributed by atoms with Crippen molar-refractivity contribution in [3.63, 3.8) is 0 Å². The zero-order chi connectivity index (χ0) is 21.1. The van der Waals surface area contributed by atoms with E-state index in [9.17, 15) is 9.59 Å². The minimum absolute atomic E-state index is 0.00483. The average molecular weight is 413 g/mol. The summed E-state index contributed by atoms with van der Waals surface area (Å²) in [5.74, 6) is 0.744. The molecule has 1 atom stereocenters. The van der Waals surface area contributed by atoms with Gasteiger partial charge >= 0.3 is 0 Å². The van der Waals surface area contributed by atoms with Crippen LogP contribution in [0.15, 0.2) is 24.4 Å². The van der Waals surface area contributed by atoms with Crippen molar-refractivity contribution >= 4 is 11.8 Å². The van der Waals surface area contributed by atoms with Crippen molar-refractivity contribution in [2.45, 2.75) is 65.0 Å². The first-order valence-corrected chi connectivity index (χ1v) is 11.7. The lowest BCUT2D eigenvalue weighted by molar-refractivity contribution is -0.132. The van der Waals surface area contributed by atoms with Crippen molar-refractivity contribution in [1.29, 1.82) is 0 Å². The second-order valence-corrected chi connectivity index (χ2v) is 9.86. The third-order valence-corrected chi connectivity index (χ3v) is 7.68. The molecular weight excluding hydrogens is 376 g/mol. The number of nitrogens with one attached hydrogen (secondary N) is 1. The Morgan fingerprint density at radius 3 is 2.60 bits per heavy atom. The molecule has 4 rings (SSSR count). The second-order valence-electron chi connectivity index (χ2n) is 9.86. The number of rotatable bonds is 6. The molecule has 3 aliphatic rings. The summed E-state index contributed by atoms with van der Waals surface area (Å²) in [4.78, 5) is 34.9. The van der Waals surface area contributed by atoms with Crippen LogP contribution >= 0.6 is 0 Å². The van der Waals surface area contributed by atoms with Gasteiger partial charge in [0, 0.05) is 37.2 Å². The number of piperidine rings is 1. The summed E-state index contributed by atoms with van der Waals surface area (Å²) in [6.07, 6.45) is 7.89. The summed E-state index contributed by atoms with van der Waals surface area (Å²) in [7, 11) is 0. The molecule has 2 aliphatic heterocycles. The highest BCUT2D eigenvalue weighted by Gasteiger charge is 2.54. The van der Waals surface area contributed by atoms with Crippen molar-refractivity contribution in [3.8, 4) is 0 Å². The molecule has 6 heteroatoms. The zero-order valence-corrected chi connectivity index (χ0v) is 18.5. The lowest BCUT2D eigenvalue weighted by Crippen LogP contribution is -2.45. The van der Waals surface area contributed by atoms with Gasteiger partial charge in [-0.25, -0.2) is 0 Å². The van der Waals surface area contributed by atoms with Crippen LogP contribution in [0.1, 0.15) is 58.1 Å². The van der Waals surface area contributed by atoms with Gasteiger partial charge in [0.25, 0.3) is 0 Å². The maximum atomic E-state index is 13.1. The van der Waals surface area contributed by atoms with Crippen LogP contribution < -0.4 is 5.32 Å². The lowest BCUT2D eigenvalue weighted by Gasteiger charge is -2.42. The topological polar surface area (TPSA) is 65.5 Å². The number of carbonyl (C=O) groups is 2. The van der Waals surface area contributed by atoms with Gasteiger partial charge in [-0.05, 0) is 70.7 Å². The Balaban J connectivity index is 1.31. The average Bonchev–Trinajstić information content (AvgIpc) is 3.15. The zero-order valence-electron chi connectivity index (χ0n) is 18.5. The predicted molar refractivity (Wildman–Crippen MR) is 116 cm³/mol. The van der Waals surface area contributed by atoms with Gasteiger partial charge in [-0.1, -0.05) is 12.5 Å². The summed E-state index contributed by atoms with van der Waals surface area (Å²) in [5, 5.41) is 3.08. The minimum Gasteiger partial charge on any atom is -0.350 e. The highest BCUT2D eigenvalue weighted by atomic mass is 16.2. The van der Waals surface area contributed by atoms with Gasteiger partial charge in [-0.2, -0.15) is 0 Å². The third kappa shape index (κ3) is 4.53. The number of carbonyl (C=O) groups excluding carboxylic acids is 2. The largest absolute Gasteiger partial charge is 0.350 e. The number of pyridine rings is 1. The van der Waals surface area contributed by atoms with Gasteiger partial charge in [0.05, 0.1) is 18.2 Å². The summed E-state index contributed by atoms with van der Waals surface area (Å²) in [5.41, 5.74) is 0.873. The molecule has 0 radical (unpaired) electrons. The number of nitrogens with zero attached hydrogens (tertiary/aromatic N) is 3. The molecule has 1 aliphatic carbocycles. The molecule has 0 aromatic carbocycles. The van der Waals surface area contributed by atoms with E-state index < -0.39 is 0 Å². The highest BCUT2D eigenvalue weighted by Crippen LogP contribution is 2.52.